The van der Waals surface area contributed by atoms with Crippen molar-refractivity contribution in [2.75, 3.05) is 7.11 Å². The maximum Gasteiger partial charge on any atom is 0.363 e. The molecule has 0 N–H and O–H groups in total. The second-order valence-corrected chi connectivity index (χ2v) is 7.34. The summed E-state index contributed by atoms with van der Waals surface area (Å²) >= 11 is 5.87. The van der Waals surface area contributed by atoms with E-state index < -0.39 is 11.9 Å². The van der Waals surface area contributed by atoms with Crippen LogP contribution in [0.5, 0.6) is 11.5 Å². The molecule has 0 bridgehead atoms. The Morgan fingerprint density at radius 2 is 1.73 bits per heavy atom. The number of rotatable bonds is 6. The number of hydrogen-bond donors (Lipinski definition) is 0. The molecule has 1 aliphatic heterocycles. The van der Waals surface area contributed by atoms with E-state index in [0.29, 0.717) is 21.9 Å². The van der Waals surface area contributed by atoms with Gasteiger partial charge in [-0.05, 0) is 60.2 Å². The third-order valence-corrected chi connectivity index (χ3v) is 4.91. The Bertz CT molecular complexity index is 1270. The summed E-state index contributed by atoms with van der Waals surface area (Å²) in [5, 5.41) is 0.611. The van der Waals surface area contributed by atoms with Crippen LogP contribution in [0.4, 0.5) is 0 Å². The fourth-order valence-electron chi connectivity index (χ4n) is 2.99. The van der Waals surface area contributed by atoms with Gasteiger partial charge in [0.15, 0.2) is 5.70 Å². The second kappa shape index (κ2) is 9.97. The summed E-state index contributed by atoms with van der Waals surface area (Å²) < 4.78 is 15.9. The van der Waals surface area contributed by atoms with Crippen LogP contribution in [0.3, 0.4) is 0 Å². The molecule has 3 aromatic rings. The summed E-state index contributed by atoms with van der Waals surface area (Å²) in [6.45, 7) is 0. The van der Waals surface area contributed by atoms with Crippen molar-refractivity contribution in [2.24, 2.45) is 4.99 Å². The molecule has 0 atom stereocenters. The molecule has 0 spiro atoms. The van der Waals surface area contributed by atoms with E-state index >= 15 is 0 Å². The van der Waals surface area contributed by atoms with Crippen LogP contribution in [0.1, 0.15) is 16.7 Å². The molecule has 0 amide bonds. The number of esters is 2. The summed E-state index contributed by atoms with van der Waals surface area (Å²) in [5.74, 6) is 0.00280. The van der Waals surface area contributed by atoms with Gasteiger partial charge in [-0.25, -0.2) is 14.6 Å². The Labute approximate surface area is 195 Å². The lowest BCUT2D eigenvalue weighted by Gasteiger charge is -2.05. The van der Waals surface area contributed by atoms with Gasteiger partial charge >= 0.3 is 11.9 Å². The Hall–Kier alpha value is -4.16. The number of aliphatic imine (C=N–C) groups is 1. The van der Waals surface area contributed by atoms with E-state index in [1.54, 1.807) is 86.0 Å². The third-order valence-electron chi connectivity index (χ3n) is 4.66. The molecular weight excluding hydrogens is 442 g/mol. The van der Waals surface area contributed by atoms with Crippen molar-refractivity contribution >= 4 is 41.6 Å². The monoisotopic (exact) mass is 459 g/mol. The van der Waals surface area contributed by atoms with Crippen LogP contribution in [-0.2, 0) is 14.3 Å². The minimum atomic E-state index is -0.593. The number of para-hydroxylation sites is 1. The van der Waals surface area contributed by atoms with Gasteiger partial charge in [0, 0.05) is 22.2 Å². The third kappa shape index (κ3) is 5.56. The van der Waals surface area contributed by atoms with Gasteiger partial charge in [0.25, 0.3) is 0 Å². The molecule has 1 heterocycles. The quantitative estimate of drug-likeness (QED) is 0.283. The first-order chi connectivity index (χ1) is 16.0. The summed E-state index contributed by atoms with van der Waals surface area (Å²) in [4.78, 5) is 28.9. The molecule has 1 aliphatic rings. The van der Waals surface area contributed by atoms with E-state index in [0.717, 1.165) is 5.56 Å². The minimum Gasteiger partial charge on any atom is -0.497 e. The molecule has 7 heteroatoms. The van der Waals surface area contributed by atoms with Crippen LogP contribution in [-0.4, -0.2) is 24.9 Å². The Morgan fingerprint density at radius 3 is 2.45 bits per heavy atom. The number of carbonyl (C=O) groups is 2. The lowest BCUT2D eigenvalue weighted by Crippen LogP contribution is -2.06. The number of nitrogens with zero attached hydrogens (tertiary/aromatic N) is 1. The van der Waals surface area contributed by atoms with Gasteiger partial charge < -0.3 is 14.2 Å². The average Bonchev–Trinajstić information content (AvgIpc) is 3.20. The molecule has 3 aromatic carbocycles. The fraction of sp³-hybridized carbons (Fsp3) is 0.0385. The van der Waals surface area contributed by atoms with Gasteiger partial charge in [0.2, 0.25) is 5.90 Å². The Kier molecular flexibility index (Phi) is 6.66. The first kappa shape index (κ1) is 22.0. The highest BCUT2D eigenvalue weighted by atomic mass is 35.5. The number of ether oxygens (including phenoxy) is 3. The van der Waals surface area contributed by atoms with Gasteiger partial charge in [-0.1, -0.05) is 41.9 Å². The zero-order valence-corrected chi connectivity index (χ0v) is 18.3. The van der Waals surface area contributed by atoms with Crippen LogP contribution < -0.4 is 9.47 Å². The highest BCUT2D eigenvalue weighted by Gasteiger charge is 2.24. The van der Waals surface area contributed by atoms with E-state index in [9.17, 15) is 9.59 Å². The summed E-state index contributed by atoms with van der Waals surface area (Å²) in [7, 11) is 1.57. The smallest absolute Gasteiger partial charge is 0.363 e. The van der Waals surface area contributed by atoms with Crippen molar-refractivity contribution in [3.05, 3.63) is 106 Å². The number of methoxy groups -OCH3 is 1. The lowest BCUT2D eigenvalue weighted by molar-refractivity contribution is -0.130. The molecular formula is C26H18ClNO5. The number of hydrogen-bond acceptors (Lipinski definition) is 6. The van der Waals surface area contributed by atoms with Crippen molar-refractivity contribution < 1.29 is 23.8 Å². The summed E-state index contributed by atoms with van der Waals surface area (Å²) in [5.41, 5.74) is 2.05. The first-order valence-electron chi connectivity index (χ1n) is 9.93. The lowest BCUT2D eigenvalue weighted by atomic mass is 10.1. The van der Waals surface area contributed by atoms with Crippen molar-refractivity contribution in [1.29, 1.82) is 0 Å². The maximum absolute atomic E-state index is 12.3. The molecule has 0 aromatic heterocycles. The number of benzene rings is 3. The molecule has 164 valence electrons. The number of halogens is 1. The van der Waals surface area contributed by atoms with Gasteiger partial charge in [-0.15, -0.1) is 0 Å². The SMILES string of the molecule is COc1ccc(C2=N/C(=C\c3ccccc3OC(=O)/C=C/c3ccc(Cl)cc3)C(=O)O2)cc1. The maximum atomic E-state index is 12.3. The average molecular weight is 460 g/mol. The molecule has 6 nitrogen and oxygen atoms in total. The fourth-order valence-corrected chi connectivity index (χ4v) is 3.11. The molecule has 0 aliphatic carbocycles. The van der Waals surface area contributed by atoms with E-state index in [1.807, 2.05) is 0 Å². The molecule has 0 saturated heterocycles. The molecule has 0 radical (unpaired) electrons. The molecule has 4 rings (SSSR count). The van der Waals surface area contributed by atoms with Crippen molar-refractivity contribution in [1.82, 2.24) is 0 Å². The van der Waals surface area contributed by atoms with Crippen LogP contribution in [0.15, 0.2) is 89.6 Å². The normalized spacial score (nSPS) is 14.3. The van der Waals surface area contributed by atoms with Gasteiger partial charge in [0.1, 0.15) is 11.5 Å². The zero-order chi connectivity index (χ0) is 23.2. The largest absolute Gasteiger partial charge is 0.497 e. The zero-order valence-electron chi connectivity index (χ0n) is 17.5. The van der Waals surface area contributed by atoms with E-state index in [1.165, 1.54) is 12.2 Å². The molecule has 33 heavy (non-hydrogen) atoms. The predicted molar refractivity (Wildman–Crippen MR) is 126 cm³/mol. The van der Waals surface area contributed by atoms with Crippen molar-refractivity contribution in [3.63, 3.8) is 0 Å². The van der Waals surface area contributed by atoms with Crippen LogP contribution >= 0.6 is 11.6 Å². The predicted octanol–water partition coefficient (Wildman–Crippen LogP) is 5.31. The van der Waals surface area contributed by atoms with Gasteiger partial charge in [0.05, 0.1) is 7.11 Å². The number of carbonyl (C=O) groups excluding carboxylic acids is 2. The first-order valence-corrected chi connectivity index (χ1v) is 10.3. The van der Waals surface area contributed by atoms with Crippen molar-refractivity contribution in [3.8, 4) is 11.5 Å². The van der Waals surface area contributed by atoms with Crippen LogP contribution in [0, 0.1) is 0 Å². The molecule has 0 fully saturated rings. The number of cyclic esters (lactones) is 1. The van der Waals surface area contributed by atoms with E-state index in [2.05, 4.69) is 4.99 Å². The molecule has 0 saturated carbocycles. The van der Waals surface area contributed by atoms with Gasteiger partial charge in [-0.2, -0.15) is 0 Å². The second-order valence-electron chi connectivity index (χ2n) is 6.91. The van der Waals surface area contributed by atoms with E-state index in [4.69, 9.17) is 25.8 Å². The molecule has 0 unspecified atom stereocenters. The summed E-state index contributed by atoms with van der Waals surface area (Å²) in [6.07, 6.45) is 4.46. The minimum absolute atomic E-state index is 0.0982. The van der Waals surface area contributed by atoms with Crippen molar-refractivity contribution in [2.45, 2.75) is 0 Å². The summed E-state index contributed by atoms with van der Waals surface area (Å²) in [6, 6.07) is 20.9. The van der Waals surface area contributed by atoms with E-state index in [-0.39, 0.29) is 17.3 Å². The highest BCUT2D eigenvalue weighted by Crippen LogP contribution is 2.25. The Morgan fingerprint density at radius 1 is 1.00 bits per heavy atom. The highest BCUT2D eigenvalue weighted by molar-refractivity contribution is 6.30. The Balaban J connectivity index is 1.52. The van der Waals surface area contributed by atoms with Crippen LogP contribution in [0.25, 0.3) is 12.2 Å². The topological polar surface area (TPSA) is 74.2 Å². The standard InChI is InChI=1S/C26H18ClNO5/c1-31-21-13-9-18(10-14-21)25-28-22(26(30)33-25)16-19-4-2-3-5-23(19)32-24(29)15-8-17-6-11-20(27)12-7-17/h2-16H,1H3/b15-8+,22-16-. The van der Waals surface area contributed by atoms with Crippen LogP contribution in [0.2, 0.25) is 5.02 Å². The van der Waals surface area contributed by atoms with Gasteiger partial charge in [-0.3, -0.25) is 0 Å².